The van der Waals surface area contributed by atoms with Gasteiger partial charge in [-0.1, -0.05) is 12.1 Å². The maximum Gasteiger partial charge on any atom is 0.573 e. The minimum Gasteiger partial charge on any atom is -0.404 e. The number of halogens is 4. The highest BCUT2D eigenvalue weighted by Crippen LogP contribution is 2.34. The van der Waals surface area contributed by atoms with Gasteiger partial charge in [-0.3, -0.25) is 4.98 Å². The highest BCUT2D eigenvalue weighted by atomic mass is 32.2. The van der Waals surface area contributed by atoms with E-state index in [4.69, 9.17) is 0 Å². The van der Waals surface area contributed by atoms with Gasteiger partial charge < -0.3 is 15.4 Å². The monoisotopic (exact) mass is 508 g/mol. The van der Waals surface area contributed by atoms with Crippen LogP contribution >= 0.6 is 0 Å². The Labute approximate surface area is 198 Å². The van der Waals surface area contributed by atoms with Gasteiger partial charge in [0.1, 0.15) is 5.82 Å². The van der Waals surface area contributed by atoms with E-state index >= 15 is 0 Å². The van der Waals surface area contributed by atoms with Gasteiger partial charge in [-0.2, -0.15) is 0 Å². The summed E-state index contributed by atoms with van der Waals surface area (Å²) in [6.45, 7) is 1.91. The van der Waals surface area contributed by atoms with Gasteiger partial charge in [0.25, 0.3) is 10.0 Å². The quantitative estimate of drug-likeness (QED) is 0.339. The fourth-order valence-electron chi connectivity index (χ4n) is 3.57. The molecule has 0 saturated carbocycles. The van der Waals surface area contributed by atoms with E-state index in [1.807, 2.05) is 0 Å². The molecule has 0 spiro atoms. The highest BCUT2D eigenvalue weighted by Gasteiger charge is 2.32. The zero-order valence-electron chi connectivity index (χ0n) is 18.5. The molecule has 0 bridgehead atoms. The first-order valence-corrected chi connectivity index (χ1v) is 11.7. The van der Waals surface area contributed by atoms with Gasteiger partial charge in [0.05, 0.1) is 33.5 Å². The van der Waals surface area contributed by atoms with Gasteiger partial charge in [0.2, 0.25) is 0 Å². The summed E-state index contributed by atoms with van der Waals surface area (Å²) in [7, 11) is -2.53. The maximum atomic E-state index is 13.7. The molecule has 2 heterocycles. The van der Waals surface area contributed by atoms with Crippen LogP contribution in [0.5, 0.6) is 5.75 Å². The third kappa shape index (κ3) is 5.23. The van der Waals surface area contributed by atoms with Crippen molar-refractivity contribution in [3.63, 3.8) is 0 Å². The number of pyridine rings is 1. The average Bonchev–Trinajstić information content (AvgIpc) is 3.13. The second kappa shape index (κ2) is 9.19. The van der Waals surface area contributed by atoms with Crippen LogP contribution in [0.25, 0.3) is 11.0 Å². The van der Waals surface area contributed by atoms with Gasteiger partial charge >= 0.3 is 6.36 Å². The number of nitrogens with zero attached hydrogens (tertiary/aromatic N) is 2. The summed E-state index contributed by atoms with van der Waals surface area (Å²) in [4.78, 5) is 4.08. The van der Waals surface area contributed by atoms with Crippen LogP contribution in [-0.4, -0.2) is 30.8 Å². The molecule has 0 aliphatic heterocycles. The Kier molecular flexibility index (Phi) is 6.43. The standard InChI is InChI=1S/C23H20F4N4O3S/c1-14-6-7-19(21(8-14)34-23(25,26)27)30-17-10-20-22(29-12-17)15(11-28-2)13-31(20)35(32,33)18-5-3-4-16(24)9-18/h3-10,12-13,28,30H,11H2,1-2H3. The third-order valence-electron chi connectivity index (χ3n) is 5.04. The Hall–Kier alpha value is -3.64. The summed E-state index contributed by atoms with van der Waals surface area (Å²) in [5.74, 6) is -1.16. The molecule has 0 amide bonds. The zero-order valence-corrected chi connectivity index (χ0v) is 19.3. The molecule has 12 heteroatoms. The molecular weight excluding hydrogens is 488 g/mol. The smallest absolute Gasteiger partial charge is 0.404 e. The number of ether oxygens (including phenoxy) is 1. The Morgan fingerprint density at radius 1 is 1.11 bits per heavy atom. The number of hydrogen-bond donors (Lipinski definition) is 2. The van der Waals surface area contributed by atoms with Crippen LogP contribution in [0.2, 0.25) is 0 Å². The van der Waals surface area contributed by atoms with E-state index in [0.717, 1.165) is 16.1 Å². The van der Waals surface area contributed by atoms with Crippen molar-refractivity contribution in [2.24, 2.45) is 0 Å². The molecule has 4 rings (SSSR count). The Bertz CT molecular complexity index is 1500. The lowest BCUT2D eigenvalue weighted by molar-refractivity contribution is -0.274. The van der Waals surface area contributed by atoms with Crippen molar-refractivity contribution in [1.82, 2.24) is 14.3 Å². The Balaban J connectivity index is 1.82. The molecule has 0 radical (unpaired) electrons. The molecule has 0 aliphatic rings. The van der Waals surface area contributed by atoms with Crippen LogP contribution in [0.15, 0.2) is 65.8 Å². The van der Waals surface area contributed by atoms with Crippen LogP contribution in [0.1, 0.15) is 11.1 Å². The number of aryl methyl sites for hydroxylation is 1. The lowest BCUT2D eigenvalue weighted by atomic mass is 10.2. The van der Waals surface area contributed by atoms with Gasteiger partial charge in [-0.05, 0) is 55.9 Å². The number of hydrogen-bond acceptors (Lipinski definition) is 6. The summed E-state index contributed by atoms with van der Waals surface area (Å²) < 4.78 is 84.1. The normalized spacial score (nSPS) is 12.2. The van der Waals surface area contributed by atoms with Crippen molar-refractivity contribution < 1.29 is 30.7 Å². The van der Waals surface area contributed by atoms with Crippen LogP contribution in [0.4, 0.5) is 28.9 Å². The van der Waals surface area contributed by atoms with E-state index in [9.17, 15) is 26.0 Å². The van der Waals surface area contributed by atoms with Crippen molar-refractivity contribution in [3.05, 3.63) is 77.9 Å². The molecule has 35 heavy (non-hydrogen) atoms. The predicted molar refractivity (Wildman–Crippen MR) is 123 cm³/mol. The summed E-state index contributed by atoms with van der Waals surface area (Å²) in [6, 6.07) is 10.3. The summed E-state index contributed by atoms with van der Waals surface area (Å²) >= 11 is 0. The van der Waals surface area contributed by atoms with Crippen molar-refractivity contribution in [2.45, 2.75) is 24.7 Å². The number of nitrogens with one attached hydrogen (secondary N) is 2. The molecular formula is C23H20F4N4O3S. The number of alkyl halides is 3. The van der Waals surface area contributed by atoms with E-state index in [1.54, 1.807) is 20.0 Å². The van der Waals surface area contributed by atoms with Gasteiger partial charge in [-0.25, -0.2) is 16.8 Å². The second-order valence-corrected chi connectivity index (χ2v) is 9.52. The molecule has 2 aromatic carbocycles. The number of benzene rings is 2. The second-order valence-electron chi connectivity index (χ2n) is 7.71. The molecule has 0 saturated heterocycles. The van der Waals surface area contributed by atoms with Crippen molar-refractivity contribution in [1.29, 1.82) is 0 Å². The molecule has 0 fully saturated rings. The molecule has 7 nitrogen and oxygen atoms in total. The van der Waals surface area contributed by atoms with Crippen molar-refractivity contribution in [3.8, 4) is 5.75 Å². The third-order valence-corrected chi connectivity index (χ3v) is 6.71. The minimum absolute atomic E-state index is 0.00983. The lowest BCUT2D eigenvalue weighted by Crippen LogP contribution is -2.18. The van der Waals surface area contributed by atoms with E-state index in [-0.39, 0.29) is 21.8 Å². The number of fused-ring (bicyclic) bond motifs is 1. The fourth-order valence-corrected chi connectivity index (χ4v) is 4.97. The Morgan fingerprint density at radius 2 is 1.89 bits per heavy atom. The summed E-state index contributed by atoms with van der Waals surface area (Å²) in [5, 5.41) is 5.74. The number of aromatic nitrogens is 2. The molecule has 0 aliphatic carbocycles. The Morgan fingerprint density at radius 3 is 2.57 bits per heavy atom. The molecule has 4 aromatic rings. The van der Waals surface area contributed by atoms with Crippen molar-refractivity contribution in [2.75, 3.05) is 12.4 Å². The predicted octanol–water partition coefficient (Wildman–Crippen LogP) is 5.08. The van der Waals surface area contributed by atoms with Crippen LogP contribution < -0.4 is 15.4 Å². The SMILES string of the molecule is CNCc1cn(S(=O)(=O)c2cccc(F)c2)c2cc(Nc3ccc(C)cc3OC(F)(F)F)cnc12. The minimum atomic E-state index is -4.90. The fraction of sp³-hybridized carbons (Fsp3) is 0.174. The van der Waals surface area contributed by atoms with Crippen LogP contribution in [0.3, 0.4) is 0 Å². The topological polar surface area (TPSA) is 85.2 Å². The largest absolute Gasteiger partial charge is 0.573 e. The lowest BCUT2D eigenvalue weighted by Gasteiger charge is -2.15. The van der Waals surface area contributed by atoms with Crippen molar-refractivity contribution >= 4 is 32.4 Å². The summed E-state index contributed by atoms with van der Waals surface area (Å²) in [6.07, 6.45) is -2.15. The first-order valence-electron chi connectivity index (χ1n) is 10.3. The van der Waals surface area contributed by atoms with E-state index < -0.39 is 28.0 Å². The van der Waals surface area contributed by atoms with Crippen LogP contribution in [-0.2, 0) is 16.6 Å². The molecule has 2 aromatic heterocycles. The molecule has 184 valence electrons. The van der Waals surface area contributed by atoms with Gasteiger partial charge in [0, 0.05) is 18.3 Å². The highest BCUT2D eigenvalue weighted by molar-refractivity contribution is 7.90. The van der Waals surface area contributed by atoms with E-state index in [1.165, 1.54) is 42.7 Å². The number of anilines is 2. The first-order chi connectivity index (χ1) is 16.5. The van der Waals surface area contributed by atoms with E-state index in [0.29, 0.717) is 23.2 Å². The van der Waals surface area contributed by atoms with E-state index in [2.05, 4.69) is 20.4 Å². The summed E-state index contributed by atoms with van der Waals surface area (Å²) in [5.41, 5.74) is 1.87. The maximum absolute atomic E-state index is 13.7. The number of rotatable bonds is 7. The van der Waals surface area contributed by atoms with Gasteiger partial charge in [0.15, 0.2) is 5.75 Å². The van der Waals surface area contributed by atoms with Gasteiger partial charge in [-0.15, -0.1) is 13.2 Å². The van der Waals surface area contributed by atoms with Crippen LogP contribution in [0, 0.1) is 12.7 Å². The molecule has 2 N–H and O–H groups in total. The molecule has 0 unspecified atom stereocenters. The first kappa shape index (κ1) is 24.5. The zero-order chi connectivity index (χ0) is 25.4. The molecule has 0 atom stereocenters. The average molecular weight is 508 g/mol.